The van der Waals surface area contributed by atoms with Crippen LogP contribution in [0.5, 0.6) is 0 Å². The Kier molecular flexibility index (Phi) is 5.63. The van der Waals surface area contributed by atoms with Gasteiger partial charge in [-0.2, -0.15) is 12.5 Å². The molecular weight excluding hydrogens is 565 g/mol. The molecule has 8 nitrogen and oxygen atoms in total. The maximum absolute atomic E-state index is 14.6. The van der Waals surface area contributed by atoms with Crippen LogP contribution in [0.4, 0.5) is 24.9 Å². The van der Waals surface area contributed by atoms with Gasteiger partial charge >= 0.3 is 0 Å². The number of hydrogen-bond acceptors (Lipinski definition) is 7. The fourth-order valence-corrected chi connectivity index (χ4v) is 7.14. The molecule has 3 fully saturated rings. The van der Waals surface area contributed by atoms with E-state index in [2.05, 4.69) is 20.0 Å². The van der Waals surface area contributed by atoms with Crippen LogP contribution < -0.4 is 9.80 Å². The van der Waals surface area contributed by atoms with Crippen molar-refractivity contribution in [2.75, 3.05) is 29.4 Å². The van der Waals surface area contributed by atoms with E-state index in [1.165, 1.54) is 24.3 Å². The third-order valence-electron chi connectivity index (χ3n) is 8.09. The maximum Gasteiger partial charge on any atom is 0.283 e. The Hall–Kier alpha value is -3.38. The number of halogens is 4. The number of hydrogen-bond donors (Lipinski definition) is 0. The van der Waals surface area contributed by atoms with Gasteiger partial charge in [0.2, 0.25) is 5.95 Å². The molecule has 2 aromatic carbocycles. The van der Waals surface area contributed by atoms with Crippen LogP contribution in [-0.4, -0.2) is 52.7 Å². The van der Waals surface area contributed by atoms with Crippen molar-refractivity contribution >= 4 is 44.3 Å². The maximum atomic E-state index is 14.6. The first-order chi connectivity index (χ1) is 19.1. The first-order valence-corrected chi connectivity index (χ1v) is 14.8. The number of fused-ring (bicyclic) bond motifs is 1. The normalized spacial score (nSPS) is 19.0. The molecule has 208 valence electrons. The summed E-state index contributed by atoms with van der Waals surface area (Å²) in [6, 6.07) is 9.75. The molecule has 0 amide bonds. The van der Waals surface area contributed by atoms with E-state index in [9.17, 15) is 21.6 Å². The monoisotopic (exact) mass is 588 g/mol. The van der Waals surface area contributed by atoms with Crippen molar-refractivity contribution < 1.29 is 21.6 Å². The SMILES string of the molecule is O=S(=O)(c1ccc(C(F)(F)C2CC2)cc1)n1nc(N2CCN(c3ncc(F)cn3)CC23CC3)c2c(Cl)cccc21. The summed E-state index contributed by atoms with van der Waals surface area (Å²) in [6.07, 6.45) is 4.87. The van der Waals surface area contributed by atoms with Crippen LogP contribution in [-0.2, 0) is 15.9 Å². The van der Waals surface area contributed by atoms with Crippen LogP contribution in [0.25, 0.3) is 10.9 Å². The van der Waals surface area contributed by atoms with Crippen molar-refractivity contribution in [1.82, 2.24) is 19.2 Å². The molecule has 2 aliphatic carbocycles. The van der Waals surface area contributed by atoms with Gasteiger partial charge < -0.3 is 9.80 Å². The highest BCUT2D eigenvalue weighted by molar-refractivity contribution is 7.90. The number of piperazine rings is 1. The van der Waals surface area contributed by atoms with Crippen molar-refractivity contribution in [3.05, 3.63) is 71.3 Å². The number of alkyl halides is 2. The van der Waals surface area contributed by atoms with Gasteiger partial charge in [0, 0.05) is 31.1 Å². The molecule has 0 bridgehead atoms. The average Bonchev–Trinajstić information content (AvgIpc) is 3.88. The fourth-order valence-electron chi connectivity index (χ4n) is 5.61. The predicted molar refractivity (Wildman–Crippen MR) is 144 cm³/mol. The van der Waals surface area contributed by atoms with E-state index in [4.69, 9.17) is 11.6 Å². The Labute approximate surface area is 233 Å². The Morgan fingerprint density at radius 1 is 1.00 bits per heavy atom. The largest absolute Gasteiger partial charge is 0.345 e. The van der Waals surface area contributed by atoms with Crippen molar-refractivity contribution in [3.8, 4) is 0 Å². The molecule has 7 rings (SSSR count). The minimum Gasteiger partial charge on any atom is -0.345 e. The number of rotatable bonds is 6. The van der Waals surface area contributed by atoms with Gasteiger partial charge in [-0.3, -0.25) is 0 Å². The first-order valence-electron chi connectivity index (χ1n) is 13.0. The van der Waals surface area contributed by atoms with Crippen molar-refractivity contribution in [2.24, 2.45) is 5.92 Å². The summed E-state index contributed by atoms with van der Waals surface area (Å²) >= 11 is 6.63. The Morgan fingerprint density at radius 2 is 1.70 bits per heavy atom. The number of benzene rings is 2. The second kappa shape index (κ2) is 8.81. The Morgan fingerprint density at radius 3 is 2.35 bits per heavy atom. The molecule has 2 aromatic heterocycles. The number of nitrogens with zero attached hydrogens (tertiary/aromatic N) is 6. The van der Waals surface area contributed by atoms with Gasteiger partial charge in [0.1, 0.15) is 0 Å². The third kappa shape index (κ3) is 4.02. The van der Waals surface area contributed by atoms with E-state index < -0.39 is 27.7 Å². The van der Waals surface area contributed by atoms with Gasteiger partial charge in [0.15, 0.2) is 11.6 Å². The second-order valence-corrected chi connectivity index (χ2v) is 12.9. The molecule has 40 heavy (non-hydrogen) atoms. The molecular formula is C27H24ClF3N6O2S. The number of aromatic nitrogens is 4. The topological polar surface area (TPSA) is 84.2 Å². The predicted octanol–water partition coefficient (Wildman–Crippen LogP) is 5.22. The van der Waals surface area contributed by atoms with E-state index in [1.807, 2.05) is 4.90 Å². The lowest BCUT2D eigenvalue weighted by Gasteiger charge is -2.42. The quantitative estimate of drug-likeness (QED) is 0.305. The summed E-state index contributed by atoms with van der Waals surface area (Å²) in [6.45, 7) is 1.56. The van der Waals surface area contributed by atoms with Gasteiger partial charge in [-0.1, -0.05) is 29.8 Å². The second-order valence-electron chi connectivity index (χ2n) is 10.7. The molecule has 4 aromatic rings. The van der Waals surface area contributed by atoms with Crippen LogP contribution in [0.1, 0.15) is 31.2 Å². The lowest BCUT2D eigenvalue weighted by molar-refractivity contribution is -0.0286. The van der Waals surface area contributed by atoms with Crippen LogP contribution in [0.15, 0.2) is 59.8 Å². The van der Waals surface area contributed by atoms with Gasteiger partial charge in [-0.25, -0.2) is 23.1 Å². The van der Waals surface area contributed by atoms with Crippen LogP contribution >= 0.6 is 11.6 Å². The van der Waals surface area contributed by atoms with E-state index >= 15 is 0 Å². The summed E-state index contributed by atoms with van der Waals surface area (Å²) in [4.78, 5) is 12.2. The zero-order chi connectivity index (χ0) is 27.9. The highest BCUT2D eigenvalue weighted by atomic mass is 35.5. The molecule has 1 aliphatic heterocycles. The van der Waals surface area contributed by atoms with Crippen LogP contribution in [0.3, 0.4) is 0 Å². The molecule has 0 N–H and O–H groups in total. The highest BCUT2D eigenvalue weighted by Crippen LogP contribution is 2.50. The van der Waals surface area contributed by atoms with Crippen LogP contribution in [0.2, 0.25) is 5.02 Å². The third-order valence-corrected chi connectivity index (χ3v) is 10.0. The highest BCUT2D eigenvalue weighted by Gasteiger charge is 2.53. The van der Waals surface area contributed by atoms with E-state index in [-0.39, 0.29) is 16.0 Å². The van der Waals surface area contributed by atoms with Crippen molar-refractivity contribution in [1.29, 1.82) is 0 Å². The summed E-state index contributed by atoms with van der Waals surface area (Å²) in [5.41, 5.74) is -0.224. The van der Waals surface area contributed by atoms with Gasteiger partial charge in [0.05, 0.1) is 38.8 Å². The summed E-state index contributed by atoms with van der Waals surface area (Å²) in [5, 5.41) is 5.46. The lowest BCUT2D eigenvalue weighted by Crippen LogP contribution is -2.56. The minimum absolute atomic E-state index is 0.141. The standard InChI is InChI=1S/C27H24ClF3N6O2S/c28-21-2-1-3-22-23(21)24(36-13-12-35(16-26(36)10-11-26)25-32-14-19(29)15-33-25)34-37(22)40(38,39)20-8-6-18(7-9-20)27(30,31)17-4-5-17/h1-3,6-9,14-15,17H,4-5,10-13,16H2. The molecule has 0 unspecified atom stereocenters. The average molecular weight is 589 g/mol. The molecule has 3 aliphatic rings. The molecule has 13 heteroatoms. The van der Waals surface area contributed by atoms with E-state index in [0.717, 1.165) is 29.3 Å². The zero-order valence-corrected chi connectivity index (χ0v) is 22.7. The van der Waals surface area contributed by atoms with Crippen LogP contribution in [0, 0.1) is 11.7 Å². The lowest BCUT2D eigenvalue weighted by atomic mass is 10.0. The van der Waals surface area contributed by atoms with Gasteiger partial charge in [-0.15, -0.1) is 5.10 Å². The summed E-state index contributed by atoms with van der Waals surface area (Å²) in [5.74, 6) is -3.32. The summed E-state index contributed by atoms with van der Waals surface area (Å²) < 4.78 is 71.0. The molecule has 3 heterocycles. The first kappa shape index (κ1) is 25.6. The molecule has 1 saturated heterocycles. The fraction of sp³-hybridized carbons (Fsp3) is 0.370. The number of anilines is 2. The van der Waals surface area contributed by atoms with Gasteiger partial charge in [-0.05, 0) is 49.9 Å². The zero-order valence-electron chi connectivity index (χ0n) is 21.1. The molecule has 0 radical (unpaired) electrons. The molecule has 0 atom stereocenters. The Balaban J connectivity index is 1.26. The smallest absolute Gasteiger partial charge is 0.283 e. The Bertz CT molecular complexity index is 1720. The van der Waals surface area contributed by atoms with E-state index in [1.54, 1.807) is 18.2 Å². The molecule has 2 saturated carbocycles. The summed E-state index contributed by atoms with van der Waals surface area (Å²) in [7, 11) is -4.23. The van der Waals surface area contributed by atoms with Crippen molar-refractivity contribution in [3.63, 3.8) is 0 Å². The van der Waals surface area contributed by atoms with Gasteiger partial charge in [0.25, 0.3) is 15.9 Å². The van der Waals surface area contributed by atoms with Crippen molar-refractivity contribution in [2.45, 2.75) is 42.0 Å². The minimum atomic E-state index is -4.23. The molecule has 1 spiro atoms. The van der Waals surface area contributed by atoms with E-state index in [0.29, 0.717) is 60.2 Å².